The zero-order chi connectivity index (χ0) is 14.9. The molecule has 0 bridgehead atoms. The normalized spacial score (nSPS) is 29.5. The Morgan fingerprint density at radius 3 is 2.14 bits per heavy atom. The van der Waals surface area contributed by atoms with Crippen molar-refractivity contribution >= 4 is 5.97 Å². The monoisotopic (exact) mass is 294 g/mol. The van der Waals surface area contributed by atoms with Crippen LogP contribution in [0.5, 0.6) is 0 Å². The van der Waals surface area contributed by atoms with E-state index in [1.807, 2.05) is 24.3 Å². The smallest absolute Gasteiger partial charge is 0.337 e. The molecule has 0 amide bonds. The summed E-state index contributed by atoms with van der Waals surface area (Å²) < 4.78 is 10.7. The van der Waals surface area contributed by atoms with Crippen molar-refractivity contribution < 1.29 is 14.3 Å². The molecule has 1 aliphatic heterocycles. The molecule has 1 saturated carbocycles. The predicted octanol–water partition coefficient (Wildman–Crippen LogP) is 3.27. The summed E-state index contributed by atoms with van der Waals surface area (Å²) in [5, 5.41) is 0. The first-order valence-electron chi connectivity index (χ1n) is 7.75. The molecule has 0 aromatic heterocycles. The van der Waals surface area contributed by atoms with Crippen LogP contribution in [0.2, 0.25) is 0 Å². The minimum Gasteiger partial charge on any atom is -0.460 e. The molecule has 1 saturated heterocycles. The van der Waals surface area contributed by atoms with Gasteiger partial charge < -0.3 is 9.47 Å². The molecule has 112 valence electrons. The van der Waals surface area contributed by atoms with E-state index in [9.17, 15) is 4.79 Å². The lowest BCUT2D eigenvalue weighted by molar-refractivity contribution is -0.157. The van der Waals surface area contributed by atoms with Gasteiger partial charge in [0.05, 0.1) is 6.61 Å². The van der Waals surface area contributed by atoms with E-state index in [2.05, 4.69) is 36.4 Å². The van der Waals surface area contributed by atoms with Crippen molar-refractivity contribution in [1.82, 2.24) is 0 Å². The summed E-state index contributed by atoms with van der Waals surface area (Å²) in [6.07, 6.45) is 0.499. The van der Waals surface area contributed by atoms with Crippen LogP contribution < -0.4 is 0 Å². The molecule has 1 aliphatic carbocycles. The van der Waals surface area contributed by atoms with Crippen molar-refractivity contribution in [3.8, 4) is 0 Å². The van der Waals surface area contributed by atoms with Crippen LogP contribution in [0, 0.1) is 0 Å². The van der Waals surface area contributed by atoms with E-state index in [4.69, 9.17) is 9.47 Å². The van der Waals surface area contributed by atoms with Gasteiger partial charge in [-0.25, -0.2) is 4.79 Å². The standard InChI is InChI=1S/C19H18O3/c20-19(17-12-21-17)22-16-11-15(13-7-3-1-4-8-13)18(16)14-9-5-2-6-10-14/h1-10,15-18H,11-12H2. The largest absolute Gasteiger partial charge is 0.460 e. The van der Waals surface area contributed by atoms with Gasteiger partial charge in [-0.05, 0) is 23.5 Å². The summed E-state index contributed by atoms with van der Waals surface area (Å²) in [5.74, 6) is 0.422. The highest BCUT2D eigenvalue weighted by molar-refractivity contribution is 5.77. The fraction of sp³-hybridized carbons (Fsp3) is 0.316. The van der Waals surface area contributed by atoms with Gasteiger partial charge >= 0.3 is 5.97 Å². The molecule has 22 heavy (non-hydrogen) atoms. The fourth-order valence-corrected chi connectivity index (χ4v) is 3.30. The van der Waals surface area contributed by atoms with Gasteiger partial charge in [-0.2, -0.15) is 0 Å². The van der Waals surface area contributed by atoms with Gasteiger partial charge in [0, 0.05) is 5.92 Å². The quantitative estimate of drug-likeness (QED) is 0.641. The highest BCUT2D eigenvalue weighted by Crippen LogP contribution is 2.50. The van der Waals surface area contributed by atoms with Gasteiger partial charge in [0.25, 0.3) is 0 Å². The molecule has 4 rings (SSSR count). The summed E-state index contributed by atoms with van der Waals surface area (Å²) in [4.78, 5) is 11.9. The molecule has 3 heteroatoms. The molecule has 4 unspecified atom stereocenters. The molecule has 2 aromatic carbocycles. The first kappa shape index (κ1) is 13.5. The maximum absolute atomic E-state index is 11.9. The van der Waals surface area contributed by atoms with Crippen molar-refractivity contribution in [2.45, 2.75) is 30.5 Å². The zero-order valence-corrected chi connectivity index (χ0v) is 12.2. The number of epoxide rings is 1. The van der Waals surface area contributed by atoms with E-state index >= 15 is 0 Å². The average molecular weight is 294 g/mol. The number of carbonyl (C=O) groups is 1. The maximum Gasteiger partial charge on any atom is 0.337 e. The molecule has 2 aromatic rings. The first-order valence-corrected chi connectivity index (χ1v) is 7.75. The number of ether oxygens (including phenoxy) is 2. The van der Waals surface area contributed by atoms with Crippen LogP contribution in [0.4, 0.5) is 0 Å². The van der Waals surface area contributed by atoms with Crippen molar-refractivity contribution in [3.63, 3.8) is 0 Å². The number of hydrogen-bond acceptors (Lipinski definition) is 3. The van der Waals surface area contributed by atoms with Crippen LogP contribution in [0.3, 0.4) is 0 Å². The second-order valence-corrected chi connectivity index (χ2v) is 5.99. The second kappa shape index (κ2) is 5.58. The van der Waals surface area contributed by atoms with Crippen LogP contribution >= 0.6 is 0 Å². The van der Waals surface area contributed by atoms with Gasteiger partial charge in [0.1, 0.15) is 6.10 Å². The summed E-state index contributed by atoms with van der Waals surface area (Å²) in [5.41, 5.74) is 2.54. The Labute approximate surface area is 129 Å². The summed E-state index contributed by atoms with van der Waals surface area (Å²) in [7, 11) is 0. The number of rotatable bonds is 4. The average Bonchev–Trinajstić information content (AvgIpc) is 3.37. The molecule has 3 nitrogen and oxygen atoms in total. The van der Waals surface area contributed by atoms with E-state index in [0.29, 0.717) is 12.5 Å². The first-order chi connectivity index (χ1) is 10.8. The summed E-state index contributed by atoms with van der Waals surface area (Å²) in [6, 6.07) is 20.8. The Kier molecular flexibility index (Phi) is 3.43. The van der Waals surface area contributed by atoms with Gasteiger partial charge in [0.2, 0.25) is 0 Å². The molecule has 0 N–H and O–H groups in total. The van der Waals surface area contributed by atoms with Gasteiger partial charge in [-0.1, -0.05) is 60.7 Å². The summed E-state index contributed by atoms with van der Waals surface area (Å²) >= 11 is 0. The second-order valence-electron chi connectivity index (χ2n) is 5.99. The molecule has 1 heterocycles. The van der Waals surface area contributed by atoms with E-state index in [1.54, 1.807) is 0 Å². The Morgan fingerprint density at radius 1 is 0.955 bits per heavy atom. The third kappa shape index (κ3) is 2.53. The summed E-state index contributed by atoms with van der Waals surface area (Å²) in [6.45, 7) is 0.504. The third-order valence-corrected chi connectivity index (χ3v) is 4.60. The van der Waals surface area contributed by atoms with Crippen LogP contribution in [0.15, 0.2) is 60.7 Å². The van der Waals surface area contributed by atoms with Crippen LogP contribution in [0.25, 0.3) is 0 Å². The molecule has 0 spiro atoms. The fourth-order valence-electron chi connectivity index (χ4n) is 3.30. The zero-order valence-electron chi connectivity index (χ0n) is 12.2. The Morgan fingerprint density at radius 2 is 1.55 bits per heavy atom. The van der Waals surface area contributed by atoms with Crippen molar-refractivity contribution in [3.05, 3.63) is 71.8 Å². The number of hydrogen-bond donors (Lipinski definition) is 0. The van der Waals surface area contributed by atoms with Gasteiger partial charge in [0.15, 0.2) is 6.10 Å². The van der Waals surface area contributed by atoms with E-state index in [1.165, 1.54) is 11.1 Å². The van der Waals surface area contributed by atoms with E-state index in [-0.39, 0.29) is 24.1 Å². The molecular weight excluding hydrogens is 276 g/mol. The minimum atomic E-state index is -0.327. The lowest BCUT2D eigenvalue weighted by Crippen LogP contribution is -2.41. The topological polar surface area (TPSA) is 38.8 Å². The highest BCUT2D eigenvalue weighted by Gasteiger charge is 2.47. The highest BCUT2D eigenvalue weighted by atomic mass is 16.6. The SMILES string of the molecule is O=C(OC1CC(c2ccccc2)C1c1ccccc1)C1CO1. The third-order valence-electron chi connectivity index (χ3n) is 4.60. The Hall–Kier alpha value is -2.13. The minimum absolute atomic E-state index is 0.0516. The van der Waals surface area contributed by atoms with Crippen molar-refractivity contribution in [2.75, 3.05) is 6.61 Å². The number of benzene rings is 2. The maximum atomic E-state index is 11.9. The lowest BCUT2D eigenvalue weighted by atomic mass is 9.64. The van der Waals surface area contributed by atoms with Gasteiger partial charge in [-0.15, -0.1) is 0 Å². The van der Waals surface area contributed by atoms with Crippen molar-refractivity contribution in [1.29, 1.82) is 0 Å². The Balaban J connectivity index is 1.57. The molecule has 2 fully saturated rings. The van der Waals surface area contributed by atoms with E-state index < -0.39 is 0 Å². The number of esters is 1. The molecule has 0 radical (unpaired) electrons. The van der Waals surface area contributed by atoms with Crippen molar-refractivity contribution in [2.24, 2.45) is 0 Å². The predicted molar refractivity (Wildman–Crippen MR) is 82.6 cm³/mol. The van der Waals surface area contributed by atoms with Crippen LogP contribution in [0.1, 0.15) is 29.4 Å². The van der Waals surface area contributed by atoms with E-state index in [0.717, 1.165) is 6.42 Å². The Bertz CT molecular complexity index is 649. The lowest BCUT2D eigenvalue weighted by Gasteiger charge is -2.44. The number of carbonyl (C=O) groups excluding carboxylic acids is 1. The molecule has 4 atom stereocenters. The van der Waals surface area contributed by atoms with Crippen LogP contribution in [-0.2, 0) is 14.3 Å². The van der Waals surface area contributed by atoms with Crippen LogP contribution in [-0.4, -0.2) is 24.8 Å². The molecular formula is C19H18O3. The van der Waals surface area contributed by atoms with Gasteiger partial charge in [-0.3, -0.25) is 0 Å². The molecule has 2 aliphatic rings.